The second-order valence-corrected chi connectivity index (χ2v) is 10.1. The molecule has 2 atom stereocenters. The van der Waals surface area contributed by atoms with Crippen LogP contribution in [0.25, 0.3) is 0 Å². The smallest absolute Gasteiger partial charge is 0.338 e. The van der Waals surface area contributed by atoms with Gasteiger partial charge in [-0.25, -0.2) is 13.6 Å². The van der Waals surface area contributed by atoms with Crippen LogP contribution in [0, 0.1) is 18.6 Å². The van der Waals surface area contributed by atoms with Crippen molar-refractivity contribution in [3.63, 3.8) is 0 Å². The number of esters is 1. The van der Waals surface area contributed by atoms with Gasteiger partial charge in [0.1, 0.15) is 17.7 Å². The fourth-order valence-electron chi connectivity index (χ4n) is 4.45. The minimum absolute atomic E-state index is 0.0958. The SMILES string of the molecule is CCCCNC(=O)c1cc(C)cc(C(=O)OC(CNCc2cccc(CC)c2)C(N)Cc2cc(F)cc(F)c2)c1. The number of ether oxygens (including phenoxy) is 1. The van der Waals surface area contributed by atoms with Gasteiger partial charge in [0, 0.05) is 37.3 Å². The average Bonchev–Trinajstić information content (AvgIpc) is 2.91. The molecule has 0 heterocycles. The summed E-state index contributed by atoms with van der Waals surface area (Å²) in [7, 11) is 0. The highest BCUT2D eigenvalue weighted by Gasteiger charge is 2.24. The summed E-state index contributed by atoms with van der Waals surface area (Å²) in [5.41, 5.74) is 10.4. The topological polar surface area (TPSA) is 93.5 Å². The van der Waals surface area contributed by atoms with E-state index in [1.807, 2.05) is 19.1 Å². The molecule has 0 aromatic heterocycles. The molecule has 0 saturated heterocycles. The van der Waals surface area contributed by atoms with Crippen LogP contribution < -0.4 is 16.4 Å². The summed E-state index contributed by atoms with van der Waals surface area (Å²) < 4.78 is 33.4. The van der Waals surface area contributed by atoms with Crippen molar-refractivity contribution in [3.8, 4) is 0 Å². The molecule has 0 bridgehead atoms. The van der Waals surface area contributed by atoms with E-state index >= 15 is 0 Å². The van der Waals surface area contributed by atoms with Gasteiger partial charge in [0.05, 0.1) is 5.56 Å². The summed E-state index contributed by atoms with van der Waals surface area (Å²) in [5.74, 6) is -2.29. The second kappa shape index (κ2) is 15.2. The molecule has 0 fully saturated rings. The lowest BCUT2D eigenvalue weighted by Gasteiger charge is -2.25. The Kier molecular flexibility index (Phi) is 11.8. The molecule has 4 N–H and O–H groups in total. The molecule has 1 amide bonds. The maximum atomic E-state index is 13.8. The number of benzene rings is 3. The molecule has 0 aliphatic carbocycles. The van der Waals surface area contributed by atoms with Crippen molar-refractivity contribution >= 4 is 11.9 Å². The Hall–Kier alpha value is -3.62. The zero-order chi connectivity index (χ0) is 29.1. The number of carbonyl (C=O) groups excluding carboxylic acids is 2. The third-order valence-corrected chi connectivity index (χ3v) is 6.60. The Morgan fingerprint density at radius 3 is 2.33 bits per heavy atom. The lowest BCUT2D eigenvalue weighted by Crippen LogP contribution is -2.46. The largest absolute Gasteiger partial charge is 0.456 e. The summed E-state index contributed by atoms with van der Waals surface area (Å²) >= 11 is 0. The second-order valence-electron chi connectivity index (χ2n) is 10.1. The molecule has 2 unspecified atom stereocenters. The number of hydrogen-bond donors (Lipinski definition) is 3. The van der Waals surface area contributed by atoms with Crippen LogP contribution in [0.5, 0.6) is 0 Å². The van der Waals surface area contributed by atoms with Gasteiger partial charge in [-0.2, -0.15) is 0 Å². The number of nitrogens with one attached hydrogen (secondary N) is 2. The normalized spacial score (nSPS) is 12.6. The lowest BCUT2D eigenvalue weighted by atomic mass is 10.0. The van der Waals surface area contributed by atoms with E-state index in [0.717, 1.165) is 36.5 Å². The zero-order valence-corrected chi connectivity index (χ0v) is 23.4. The van der Waals surface area contributed by atoms with Crippen molar-refractivity contribution in [1.82, 2.24) is 10.6 Å². The molecule has 0 saturated carbocycles. The van der Waals surface area contributed by atoms with Crippen LogP contribution in [0.3, 0.4) is 0 Å². The third kappa shape index (κ3) is 9.54. The first-order valence-electron chi connectivity index (χ1n) is 13.8. The van der Waals surface area contributed by atoms with Crippen LogP contribution >= 0.6 is 0 Å². The summed E-state index contributed by atoms with van der Waals surface area (Å²) in [6.45, 7) is 7.21. The Labute approximate surface area is 235 Å². The standard InChI is InChI=1S/C32H39F2N3O3/c1-4-6-10-37-31(38)25-11-21(3)12-26(17-25)32(39)40-30(20-36-19-23-9-7-8-22(5-2)13-23)29(35)16-24-14-27(33)18-28(34)15-24/h7-9,11-15,17-18,29-30,36H,4-6,10,16,19-20,35H2,1-3H3,(H,37,38). The number of rotatable bonds is 14. The van der Waals surface area contributed by atoms with Gasteiger partial charge in [0.15, 0.2) is 0 Å². The Morgan fingerprint density at radius 1 is 0.925 bits per heavy atom. The maximum Gasteiger partial charge on any atom is 0.338 e. The monoisotopic (exact) mass is 551 g/mol. The van der Waals surface area contributed by atoms with Crippen molar-refractivity contribution in [2.75, 3.05) is 13.1 Å². The van der Waals surface area contributed by atoms with Crippen molar-refractivity contribution in [2.24, 2.45) is 5.73 Å². The fourth-order valence-corrected chi connectivity index (χ4v) is 4.45. The highest BCUT2D eigenvalue weighted by atomic mass is 19.1. The van der Waals surface area contributed by atoms with Crippen LogP contribution in [0.1, 0.15) is 69.7 Å². The van der Waals surface area contributed by atoms with E-state index in [-0.39, 0.29) is 24.4 Å². The molecule has 0 spiro atoms. The summed E-state index contributed by atoms with van der Waals surface area (Å²) in [4.78, 5) is 25.9. The molecule has 3 aromatic carbocycles. The summed E-state index contributed by atoms with van der Waals surface area (Å²) in [6.07, 6.45) is 2.01. The number of nitrogens with two attached hydrogens (primary N) is 1. The van der Waals surface area contributed by atoms with Gasteiger partial charge < -0.3 is 21.1 Å². The lowest BCUT2D eigenvalue weighted by molar-refractivity contribution is 0.0238. The first-order chi connectivity index (χ1) is 19.2. The molecule has 40 heavy (non-hydrogen) atoms. The maximum absolute atomic E-state index is 13.8. The molecule has 3 rings (SSSR count). The highest BCUT2D eigenvalue weighted by molar-refractivity contribution is 5.98. The predicted octanol–water partition coefficient (Wildman–Crippen LogP) is 5.25. The Morgan fingerprint density at radius 2 is 1.62 bits per heavy atom. The molecule has 8 heteroatoms. The zero-order valence-electron chi connectivity index (χ0n) is 23.4. The molecular formula is C32H39F2N3O3. The third-order valence-electron chi connectivity index (χ3n) is 6.60. The Balaban J connectivity index is 1.76. The first-order valence-corrected chi connectivity index (χ1v) is 13.8. The van der Waals surface area contributed by atoms with Crippen LogP contribution in [0.2, 0.25) is 0 Å². The Bertz CT molecular complexity index is 1280. The number of amides is 1. The van der Waals surface area contributed by atoms with Crippen molar-refractivity contribution in [2.45, 2.75) is 65.1 Å². The number of halogens is 2. The molecule has 214 valence electrons. The summed E-state index contributed by atoms with van der Waals surface area (Å²) in [5, 5.41) is 6.16. The quantitative estimate of drug-likeness (QED) is 0.188. The number of carbonyl (C=O) groups is 2. The van der Waals surface area contributed by atoms with E-state index in [1.165, 1.54) is 23.8 Å². The summed E-state index contributed by atoms with van der Waals surface area (Å²) in [6, 6.07) is 15.5. The molecule has 3 aromatic rings. The van der Waals surface area contributed by atoms with Gasteiger partial charge >= 0.3 is 5.97 Å². The average molecular weight is 552 g/mol. The highest BCUT2D eigenvalue weighted by Crippen LogP contribution is 2.16. The molecule has 6 nitrogen and oxygen atoms in total. The number of hydrogen-bond acceptors (Lipinski definition) is 5. The molecule has 0 aliphatic rings. The van der Waals surface area contributed by atoms with E-state index in [1.54, 1.807) is 19.1 Å². The molecular weight excluding hydrogens is 512 g/mol. The van der Waals surface area contributed by atoms with Crippen LogP contribution in [-0.2, 0) is 24.1 Å². The van der Waals surface area contributed by atoms with Gasteiger partial charge in [0.2, 0.25) is 0 Å². The van der Waals surface area contributed by atoms with Crippen molar-refractivity contribution < 1.29 is 23.1 Å². The number of aryl methyl sites for hydroxylation is 2. The van der Waals surface area contributed by atoms with Gasteiger partial charge in [0.25, 0.3) is 5.91 Å². The van der Waals surface area contributed by atoms with E-state index in [2.05, 4.69) is 29.7 Å². The minimum Gasteiger partial charge on any atom is -0.456 e. The number of unbranched alkanes of at least 4 members (excludes halogenated alkanes) is 1. The van der Waals surface area contributed by atoms with E-state index in [4.69, 9.17) is 10.5 Å². The van der Waals surface area contributed by atoms with Crippen LogP contribution in [-0.4, -0.2) is 37.1 Å². The van der Waals surface area contributed by atoms with Crippen molar-refractivity contribution in [3.05, 3.63) is 106 Å². The van der Waals surface area contributed by atoms with E-state index in [0.29, 0.717) is 24.2 Å². The predicted molar refractivity (Wildman–Crippen MR) is 153 cm³/mol. The van der Waals surface area contributed by atoms with Crippen molar-refractivity contribution in [1.29, 1.82) is 0 Å². The minimum atomic E-state index is -0.810. The van der Waals surface area contributed by atoms with Gasteiger partial charge in [-0.15, -0.1) is 0 Å². The van der Waals surface area contributed by atoms with Gasteiger partial charge in [-0.05, 0) is 78.8 Å². The van der Waals surface area contributed by atoms with Gasteiger partial charge in [-0.3, -0.25) is 4.79 Å². The first kappa shape index (κ1) is 30.9. The molecule has 0 radical (unpaired) electrons. The van der Waals surface area contributed by atoms with Gasteiger partial charge in [-0.1, -0.05) is 44.5 Å². The fraction of sp³-hybridized carbons (Fsp3) is 0.375. The van der Waals surface area contributed by atoms with E-state index in [9.17, 15) is 18.4 Å². The van der Waals surface area contributed by atoms with Crippen LogP contribution in [0.15, 0.2) is 60.7 Å². The van der Waals surface area contributed by atoms with Crippen LogP contribution in [0.4, 0.5) is 8.78 Å². The molecule has 0 aliphatic heterocycles. The van der Waals surface area contributed by atoms with E-state index < -0.39 is 29.7 Å².